The number of imide groups is 1. The van der Waals surface area contributed by atoms with E-state index in [1.54, 1.807) is 121 Å². The van der Waals surface area contributed by atoms with Crippen molar-refractivity contribution in [3.63, 3.8) is 0 Å². The van der Waals surface area contributed by atoms with Crippen LogP contribution in [0.3, 0.4) is 0 Å². The van der Waals surface area contributed by atoms with Crippen LogP contribution in [0.25, 0.3) is 10.9 Å². The standard InChI is InChI=1S/C55H70N5O13P/c1-52(2,3)70-49(62)59(50(63)71-53(4,5)6)47-41-32-39(28-29-42(41)60(56-47)51(64)72-54(7,8)9)35-58-44(34-38-24-17-13-18-25-38)46-45(68-55(10,11)69-46)43(33-37-22-15-12-16-23-37)57(48(58)61)30-21-31-67-36-74(65,66)73-40-26-19-14-20-27-40/h12-20,22-29,32,43-46H,21,30-31,33-36H2,1-11H3,(H,65,66)/t43-,44-,45+,46+/m1/s1. The second kappa shape index (κ2) is 22.3. The highest BCUT2D eigenvalue weighted by Gasteiger charge is 2.55. The van der Waals surface area contributed by atoms with E-state index in [1.807, 2.05) is 74.5 Å². The lowest BCUT2D eigenvalue weighted by molar-refractivity contribution is -0.157. The number of urea groups is 1. The number of fused-ring (bicyclic) bond motifs is 2. The maximum Gasteiger partial charge on any atom is 0.435 e. The van der Waals surface area contributed by atoms with Crippen LogP contribution in [0.2, 0.25) is 0 Å². The van der Waals surface area contributed by atoms with Gasteiger partial charge in [-0.05, 0) is 136 Å². The number of carbonyl (C=O) groups excluding carboxylic acids is 4. The van der Waals surface area contributed by atoms with Gasteiger partial charge in [-0.3, -0.25) is 0 Å². The van der Waals surface area contributed by atoms with Crippen molar-refractivity contribution >= 4 is 48.6 Å². The summed E-state index contributed by atoms with van der Waals surface area (Å²) in [5.74, 6) is -1.09. The van der Waals surface area contributed by atoms with Gasteiger partial charge in [-0.2, -0.15) is 9.58 Å². The number of benzene rings is 4. The molecule has 2 aliphatic heterocycles. The smallest absolute Gasteiger partial charge is 0.435 e. The second-order valence-electron chi connectivity index (χ2n) is 22.0. The normalized spacial score (nSPS) is 19.8. The molecule has 4 amide bonds. The van der Waals surface area contributed by atoms with Gasteiger partial charge in [0.05, 0.1) is 17.6 Å². The molecule has 5 atom stereocenters. The molecule has 7 rings (SSSR count). The molecule has 2 saturated heterocycles. The van der Waals surface area contributed by atoms with Gasteiger partial charge in [0.1, 0.15) is 34.8 Å². The summed E-state index contributed by atoms with van der Waals surface area (Å²) in [5, 5.41) is 4.74. The van der Waals surface area contributed by atoms with E-state index >= 15 is 4.79 Å². The van der Waals surface area contributed by atoms with E-state index < -0.39 is 79.1 Å². The van der Waals surface area contributed by atoms with Crippen molar-refractivity contribution in [1.82, 2.24) is 19.6 Å². The third-order valence-electron chi connectivity index (χ3n) is 11.7. The Kier molecular flexibility index (Phi) is 16.7. The molecule has 5 aromatic rings. The summed E-state index contributed by atoms with van der Waals surface area (Å²) >= 11 is 0. The third kappa shape index (κ3) is 14.5. The van der Waals surface area contributed by atoms with Gasteiger partial charge in [-0.1, -0.05) is 84.9 Å². The zero-order chi connectivity index (χ0) is 53.8. The molecule has 0 spiro atoms. The molecule has 19 heteroatoms. The second-order valence-corrected chi connectivity index (χ2v) is 23.7. The monoisotopic (exact) mass is 1040 g/mol. The van der Waals surface area contributed by atoms with Gasteiger partial charge >= 0.3 is 31.9 Å². The molecular formula is C55H70N5O13P. The van der Waals surface area contributed by atoms with Crippen molar-refractivity contribution in [2.45, 2.75) is 149 Å². The van der Waals surface area contributed by atoms with Crippen LogP contribution in [0.4, 0.5) is 25.0 Å². The summed E-state index contributed by atoms with van der Waals surface area (Å²) in [6.07, 6.45) is -3.90. The van der Waals surface area contributed by atoms with E-state index in [4.69, 9.17) is 32.9 Å². The number of para-hydroxylation sites is 1. The predicted octanol–water partition coefficient (Wildman–Crippen LogP) is 11.1. The zero-order valence-corrected chi connectivity index (χ0v) is 45.1. The lowest BCUT2D eigenvalue weighted by atomic mass is 9.91. The van der Waals surface area contributed by atoms with E-state index in [0.717, 1.165) is 15.8 Å². The lowest BCUT2D eigenvalue weighted by Gasteiger charge is -2.37. The Morgan fingerprint density at radius 3 is 1.72 bits per heavy atom. The Morgan fingerprint density at radius 2 is 1.20 bits per heavy atom. The number of rotatable bonds is 15. The molecule has 1 unspecified atom stereocenters. The first kappa shape index (κ1) is 55.5. The maximum atomic E-state index is 15.9. The van der Waals surface area contributed by atoms with Crippen LogP contribution in [0.1, 0.15) is 99.3 Å². The minimum Gasteiger partial charge on any atom is -0.443 e. The highest BCUT2D eigenvalue weighted by Crippen LogP contribution is 2.43. The molecule has 0 bridgehead atoms. The third-order valence-corrected chi connectivity index (χ3v) is 12.7. The molecule has 74 heavy (non-hydrogen) atoms. The number of hydrogen-bond donors (Lipinski definition) is 1. The van der Waals surface area contributed by atoms with Crippen LogP contribution in [0.15, 0.2) is 109 Å². The number of hydrogen-bond acceptors (Lipinski definition) is 13. The number of carbonyl (C=O) groups is 4. The Morgan fingerprint density at radius 1 is 0.703 bits per heavy atom. The molecule has 1 aromatic heterocycles. The number of anilines is 1. The molecule has 4 aromatic carbocycles. The minimum atomic E-state index is -4.19. The molecule has 398 valence electrons. The van der Waals surface area contributed by atoms with E-state index in [0.29, 0.717) is 23.3 Å². The summed E-state index contributed by atoms with van der Waals surface area (Å²) in [6.45, 7) is 18.9. The Labute approximate surface area is 433 Å². The largest absolute Gasteiger partial charge is 0.443 e. The summed E-state index contributed by atoms with van der Waals surface area (Å²) in [7, 11) is -4.19. The van der Waals surface area contributed by atoms with Gasteiger partial charge in [0.2, 0.25) is 0 Å². The van der Waals surface area contributed by atoms with Crippen molar-refractivity contribution in [1.29, 1.82) is 0 Å². The van der Waals surface area contributed by atoms with Gasteiger partial charge in [0.15, 0.2) is 18.0 Å². The van der Waals surface area contributed by atoms with Crippen molar-refractivity contribution < 1.29 is 61.6 Å². The van der Waals surface area contributed by atoms with Crippen LogP contribution in [0.5, 0.6) is 5.75 Å². The minimum absolute atomic E-state index is 0.0157. The van der Waals surface area contributed by atoms with Gasteiger partial charge in [0, 0.05) is 25.1 Å². The highest BCUT2D eigenvalue weighted by atomic mass is 31.2. The van der Waals surface area contributed by atoms with Gasteiger partial charge < -0.3 is 47.6 Å². The molecule has 3 heterocycles. The SMILES string of the molecule is CC(C)(C)OC(=O)N(C(=O)OC(C)(C)C)c1nn(C(=O)OC(C)(C)C)c2ccc(CN3C(=O)N(CCCOCP(=O)(O)Oc4ccccc4)[C@H](Cc4ccccc4)[C@@H]4OC(C)(C)O[C@H]4[C@H]3Cc3ccccc3)cc12. The van der Waals surface area contributed by atoms with Gasteiger partial charge in [-0.15, -0.1) is 5.10 Å². The quantitative estimate of drug-likeness (QED) is 0.0590. The van der Waals surface area contributed by atoms with E-state index in [9.17, 15) is 23.8 Å². The number of amides is 4. The fourth-order valence-electron chi connectivity index (χ4n) is 8.93. The molecule has 0 saturated carbocycles. The number of ether oxygens (including phenoxy) is 6. The molecular weight excluding hydrogens is 970 g/mol. The van der Waals surface area contributed by atoms with Crippen molar-refractivity contribution in [3.8, 4) is 5.75 Å². The molecule has 18 nitrogen and oxygen atoms in total. The molecule has 2 fully saturated rings. The summed E-state index contributed by atoms with van der Waals surface area (Å²) in [6, 6.07) is 31.4. The maximum absolute atomic E-state index is 15.9. The van der Waals surface area contributed by atoms with E-state index in [1.165, 1.54) is 0 Å². The lowest BCUT2D eigenvalue weighted by Crippen LogP contribution is -2.52. The topological polar surface area (TPSA) is 198 Å². The first-order chi connectivity index (χ1) is 34.7. The van der Waals surface area contributed by atoms with E-state index in [2.05, 4.69) is 5.10 Å². The first-order valence-corrected chi connectivity index (χ1v) is 26.6. The van der Waals surface area contributed by atoms with Gasteiger partial charge in [-0.25, -0.2) is 23.7 Å². The summed E-state index contributed by atoms with van der Waals surface area (Å²) < 4.78 is 56.1. The van der Waals surface area contributed by atoms with Crippen molar-refractivity contribution in [2.75, 3.05) is 24.4 Å². The van der Waals surface area contributed by atoms with Crippen molar-refractivity contribution in [3.05, 3.63) is 126 Å². The highest BCUT2D eigenvalue weighted by molar-refractivity contribution is 7.53. The number of nitrogens with zero attached hydrogens (tertiary/aromatic N) is 5. The van der Waals surface area contributed by atoms with Crippen LogP contribution < -0.4 is 9.42 Å². The molecule has 2 aliphatic rings. The van der Waals surface area contributed by atoms with Crippen LogP contribution in [-0.4, -0.2) is 115 Å². The average molecular weight is 1040 g/mol. The Balaban J connectivity index is 1.33. The average Bonchev–Trinajstić information content (AvgIpc) is 3.81. The predicted molar refractivity (Wildman–Crippen MR) is 278 cm³/mol. The van der Waals surface area contributed by atoms with Crippen LogP contribution >= 0.6 is 7.60 Å². The fraction of sp³-hybridized carbons (Fsp3) is 0.473. The first-order valence-electron chi connectivity index (χ1n) is 24.8. The molecule has 0 aliphatic carbocycles. The number of aromatic nitrogens is 2. The van der Waals surface area contributed by atoms with Crippen molar-refractivity contribution in [2.24, 2.45) is 0 Å². The summed E-state index contributed by atoms with van der Waals surface area (Å²) in [5.41, 5.74) is -0.419. The molecule has 0 radical (unpaired) electrons. The van der Waals surface area contributed by atoms with Crippen LogP contribution in [-0.2, 0) is 52.4 Å². The van der Waals surface area contributed by atoms with Crippen LogP contribution in [0, 0.1) is 0 Å². The Hall–Kier alpha value is -6.30. The van der Waals surface area contributed by atoms with E-state index in [-0.39, 0.29) is 54.6 Å². The zero-order valence-electron chi connectivity index (χ0n) is 44.2. The molecule has 1 N–H and O–H groups in total. The summed E-state index contributed by atoms with van der Waals surface area (Å²) in [4.78, 5) is 72.9. The Bertz CT molecular complexity index is 2780. The van der Waals surface area contributed by atoms with Gasteiger partial charge in [0.25, 0.3) is 0 Å². The fourth-order valence-corrected chi connectivity index (χ4v) is 9.80.